The summed E-state index contributed by atoms with van der Waals surface area (Å²) < 4.78 is 31.6. The second kappa shape index (κ2) is 25.7. The maximum Gasteiger partial charge on any atom is 0.329 e. The van der Waals surface area contributed by atoms with Crippen molar-refractivity contribution in [2.75, 3.05) is 27.9 Å². The molecular formula is C52H79N5O12. The fourth-order valence-electron chi connectivity index (χ4n) is 10.7. The molecule has 384 valence electrons. The van der Waals surface area contributed by atoms with E-state index in [1.54, 1.807) is 52.1 Å². The number of tetrazole rings is 1. The van der Waals surface area contributed by atoms with Crippen molar-refractivity contribution in [3.05, 3.63) is 53.9 Å². The van der Waals surface area contributed by atoms with E-state index in [0.29, 0.717) is 56.9 Å². The third-order valence-electron chi connectivity index (χ3n) is 15.2. The summed E-state index contributed by atoms with van der Waals surface area (Å²) in [6.45, 7) is 12.8. The predicted octanol–water partition coefficient (Wildman–Crippen LogP) is 6.05. The van der Waals surface area contributed by atoms with Crippen LogP contribution in [0.2, 0.25) is 0 Å². The SMILES string of the molecule is CO[C@H]1CC2CC[C@@H](C)[C@@](O)(O2)C(=O)C(=O)N2CCCC[C@H]2C(=O)O[C@H]([C@H](C)C[C@@H]2CC[C@H](n3cnnn3)[C@H](OC)C2)CC(=O)[C@H](C)/C=C(\C)[C@@H](O)[C@@H](OC)C(=O)[C@H](C)C[C@H](C)/C=C/C=CC=C1C. The Hall–Kier alpha value is -4.26. The molecule has 2 saturated heterocycles. The second-order valence-electron chi connectivity index (χ2n) is 20.4. The highest BCUT2D eigenvalue weighted by Gasteiger charge is 2.53. The number of cyclic esters (lactones) is 1. The number of ketones is 3. The van der Waals surface area contributed by atoms with Crippen LogP contribution in [-0.2, 0) is 47.7 Å². The molecule has 0 aromatic carbocycles. The number of carbonyl (C=O) groups excluding carboxylic acids is 5. The van der Waals surface area contributed by atoms with Gasteiger partial charge in [-0.25, -0.2) is 9.48 Å². The van der Waals surface area contributed by atoms with E-state index in [1.807, 2.05) is 58.1 Å². The lowest BCUT2D eigenvalue weighted by Crippen LogP contribution is -2.61. The molecule has 2 N–H and O–H groups in total. The normalized spacial score (nSPS) is 37.5. The van der Waals surface area contributed by atoms with E-state index in [-0.39, 0.29) is 60.9 Å². The van der Waals surface area contributed by atoms with Crippen LogP contribution in [0.25, 0.3) is 0 Å². The van der Waals surface area contributed by atoms with E-state index < -0.39 is 77.8 Å². The van der Waals surface area contributed by atoms with Gasteiger partial charge in [-0.3, -0.25) is 19.2 Å². The van der Waals surface area contributed by atoms with Crippen LogP contribution in [0.4, 0.5) is 0 Å². The number of hydrogen-bond acceptors (Lipinski definition) is 15. The highest BCUT2D eigenvalue weighted by Crippen LogP contribution is 2.39. The summed E-state index contributed by atoms with van der Waals surface area (Å²) in [5, 5.41) is 35.2. The van der Waals surface area contributed by atoms with Crippen LogP contribution in [-0.4, -0.2) is 141 Å². The number of hydrogen-bond donors (Lipinski definition) is 2. The maximum absolute atomic E-state index is 14.5. The van der Waals surface area contributed by atoms with Crippen LogP contribution < -0.4 is 0 Å². The number of allylic oxidation sites excluding steroid dienone is 6. The van der Waals surface area contributed by atoms with Crippen molar-refractivity contribution in [1.82, 2.24) is 25.1 Å². The summed E-state index contributed by atoms with van der Waals surface area (Å²) in [7, 11) is 4.62. The molecule has 4 aliphatic rings. The van der Waals surface area contributed by atoms with E-state index in [0.717, 1.165) is 18.4 Å². The molecule has 4 heterocycles. The Kier molecular flexibility index (Phi) is 20.8. The van der Waals surface area contributed by atoms with E-state index >= 15 is 0 Å². The zero-order valence-corrected chi connectivity index (χ0v) is 42.5. The van der Waals surface area contributed by atoms with Crippen LogP contribution in [0.15, 0.2) is 53.9 Å². The molecule has 2 bridgehead atoms. The Balaban J connectivity index is 1.46. The van der Waals surface area contributed by atoms with Crippen molar-refractivity contribution in [3.8, 4) is 0 Å². The topological polar surface area (TPSA) is 219 Å². The van der Waals surface area contributed by atoms with Crippen molar-refractivity contribution in [2.45, 2.75) is 180 Å². The van der Waals surface area contributed by atoms with Gasteiger partial charge < -0.3 is 38.8 Å². The summed E-state index contributed by atoms with van der Waals surface area (Å²) in [5.41, 5.74) is 1.27. The number of amides is 1. The number of methoxy groups -OCH3 is 3. The molecule has 1 aromatic heterocycles. The van der Waals surface area contributed by atoms with Crippen molar-refractivity contribution >= 4 is 29.2 Å². The Morgan fingerprint density at radius 1 is 0.884 bits per heavy atom. The van der Waals surface area contributed by atoms with Crippen molar-refractivity contribution in [2.24, 2.45) is 35.5 Å². The first-order valence-electron chi connectivity index (χ1n) is 25.0. The molecule has 1 amide bonds. The van der Waals surface area contributed by atoms with Gasteiger partial charge in [-0.2, -0.15) is 0 Å². The Morgan fingerprint density at radius 2 is 1.64 bits per heavy atom. The first-order valence-corrected chi connectivity index (χ1v) is 25.0. The van der Waals surface area contributed by atoms with Gasteiger partial charge >= 0.3 is 5.97 Å². The first kappa shape index (κ1) is 55.7. The highest BCUT2D eigenvalue weighted by molar-refractivity contribution is 6.39. The molecule has 69 heavy (non-hydrogen) atoms. The van der Waals surface area contributed by atoms with Crippen LogP contribution in [0, 0.1) is 35.5 Å². The van der Waals surface area contributed by atoms with Crippen molar-refractivity contribution in [1.29, 1.82) is 0 Å². The summed E-state index contributed by atoms with van der Waals surface area (Å²) in [4.78, 5) is 72.3. The third kappa shape index (κ3) is 14.2. The summed E-state index contributed by atoms with van der Waals surface area (Å²) in [6, 6.07) is -1.19. The smallest absolute Gasteiger partial charge is 0.329 e. The summed E-state index contributed by atoms with van der Waals surface area (Å²) in [5.74, 6) is -7.92. The third-order valence-corrected chi connectivity index (χ3v) is 15.2. The molecule has 17 heteroatoms. The standard InChI is InChI=1S/C52H79N5O12/c1-31-16-12-11-13-17-32(2)43(65-8)28-39-21-19-37(7)52(64,69-39)49(61)50(62)56-23-15-14-18-41(56)51(63)68-44(34(4)26-38-20-22-40(45(27-38)66-9)57-30-53-54-55-57)29-42(58)33(3)25-36(6)47(60)48(67-10)46(59)35(5)24-31/h11-13,16-17,25,30-31,33-35,37-41,43-45,47-48,60,64H,14-15,18-24,26-29H2,1-10H3/b13-11?,16-12+,32-17?,36-25+/t31-,33-,34-,35-,37-,38+,39?,40+,41+,43+,44+,45-,47-,48+,52-/m1/s1. The lowest BCUT2D eigenvalue weighted by Gasteiger charge is -2.42. The highest BCUT2D eigenvalue weighted by atomic mass is 16.6. The molecule has 15 atom stereocenters. The number of fused-ring (bicyclic) bond motifs is 3. The largest absolute Gasteiger partial charge is 0.460 e. The Morgan fingerprint density at radius 3 is 2.32 bits per heavy atom. The number of carbonyl (C=O) groups is 5. The molecule has 0 radical (unpaired) electrons. The van der Waals surface area contributed by atoms with Gasteiger partial charge in [-0.05, 0) is 117 Å². The van der Waals surface area contributed by atoms with Gasteiger partial charge in [0.15, 0.2) is 5.78 Å². The van der Waals surface area contributed by atoms with Gasteiger partial charge in [0.1, 0.15) is 36.5 Å². The van der Waals surface area contributed by atoms with Gasteiger partial charge in [-0.1, -0.05) is 71.1 Å². The van der Waals surface area contributed by atoms with Gasteiger partial charge in [-0.15, -0.1) is 5.10 Å². The van der Waals surface area contributed by atoms with E-state index in [1.165, 1.54) is 12.0 Å². The Labute approximate surface area is 408 Å². The number of Topliss-reactive ketones (excluding diaryl/α,β-unsaturated/α-hetero) is 3. The van der Waals surface area contributed by atoms with Crippen molar-refractivity contribution in [3.63, 3.8) is 0 Å². The van der Waals surface area contributed by atoms with E-state index in [9.17, 15) is 34.2 Å². The maximum atomic E-state index is 14.5. The number of esters is 1. The van der Waals surface area contributed by atoms with Gasteiger partial charge in [0.05, 0.1) is 24.4 Å². The van der Waals surface area contributed by atoms with Gasteiger partial charge in [0, 0.05) is 58.5 Å². The molecule has 1 saturated carbocycles. The van der Waals surface area contributed by atoms with Crippen LogP contribution in [0.1, 0.15) is 132 Å². The second-order valence-corrected chi connectivity index (χ2v) is 20.4. The number of ether oxygens (including phenoxy) is 5. The molecule has 0 spiro atoms. The van der Waals surface area contributed by atoms with Gasteiger partial charge in [0.25, 0.3) is 11.7 Å². The number of nitrogens with zero attached hydrogens (tertiary/aromatic N) is 5. The van der Waals surface area contributed by atoms with Crippen LogP contribution in [0.5, 0.6) is 0 Å². The number of aliphatic hydroxyl groups excluding tert-OH is 1. The molecule has 1 aromatic rings. The number of aromatic nitrogens is 4. The fraction of sp³-hybridized carbons (Fsp3) is 0.731. The minimum Gasteiger partial charge on any atom is -0.460 e. The molecule has 17 nitrogen and oxygen atoms in total. The number of rotatable bonds is 7. The van der Waals surface area contributed by atoms with E-state index in [2.05, 4.69) is 15.5 Å². The quantitative estimate of drug-likeness (QED) is 0.181. The minimum absolute atomic E-state index is 0.0170. The molecule has 3 fully saturated rings. The monoisotopic (exact) mass is 966 g/mol. The molecule has 5 rings (SSSR count). The van der Waals surface area contributed by atoms with Crippen LogP contribution in [0.3, 0.4) is 0 Å². The lowest BCUT2D eigenvalue weighted by molar-refractivity contribution is -0.265. The molecule has 1 aliphatic carbocycles. The fourth-order valence-corrected chi connectivity index (χ4v) is 10.7. The lowest BCUT2D eigenvalue weighted by atomic mass is 9.77. The summed E-state index contributed by atoms with van der Waals surface area (Å²) >= 11 is 0. The average Bonchev–Trinajstić information content (AvgIpc) is 3.88. The zero-order chi connectivity index (χ0) is 50.6. The van der Waals surface area contributed by atoms with Gasteiger partial charge in [0.2, 0.25) is 5.79 Å². The minimum atomic E-state index is -2.43. The van der Waals surface area contributed by atoms with Crippen molar-refractivity contribution < 1.29 is 57.9 Å². The molecule has 1 unspecified atom stereocenters. The number of piperidine rings is 1. The predicted molar refractivity (Wildman–Crippen MR) is 256 cm³/mol. The zero-order valence-electron chi connectivity index (χ0n) is 42.5. The average molecular weight is 966 g/mol. The van der Waals surface area contributed by atoms with E-state index in [4.69, 9.17) is 23.7 Å². The number of aliphatic hydroxyl groups is 2. The Bertz CT molecular complexity index is 2020. The summed E-state index contributed by atoms with van der Waals surface area (Å²) in [6.07, 6.45) is 13.9. The molecule has 3 aliphatic heterocycles. The van der Waals surface area contributed by atoms with Crippen LogP contribution >= 0.6 is 0 Å². The first-order chi connectivity index (χ1) is 32.8. The molecular weight excluding hydrogens is 887 g/mol.